The molecule has 3 aromatic rings. The summed E-state index contributed by atoms with van der Waals surface area (Å²) in [5, 5.41) is 5.17. The number of rotatable bonds is 5. The van der Waals surface area contributed by atoms with E-state index in [0.717, 1.165) is 16.8 Å². The van der Waals surface area contributed by atoms with Gasteiger partial charge in [0, 0.05) is 23.3 Å². The third kappa shape index (κ3) is 3.32. The maximum Gasteiger partial charge on any atom is 0.243 e. The number of hydrogen-bond acceptors (Lipinski definition) is 4. The summed E-state index contributed by atoms with van der Waals surface area (Å²) in [7, 11) is -3.67. The number of pyridine rings is 1. The Morgan fingerprint density at radius 3 is 2.67 bits per heavy atom. The van der Waals surface area contributed by atoms with Gasteiger partial charge >= 0.3 is 0 Å². The zero-order valence-electron chi connectivity index (χ0n) is 13.9. The number of hydrogen-bond donors (Lipinski definition) is 1. The molecule has 24 heavy (non-hydrogen) atoms. The minimum Gasteiger partial charge on any atom is -0.268 e. The lowest BCUT2D eigenvalue weighted by Gasteiger charge is -2.16. The lowest BCUT2D eigenvalue weighted by atomic mass is 10.2. The van der Waals surface area contributed by atoms with Crippen molar-refractivity contribution in [3.05, 3.63) is 54.0 Å². The van der Waals surface area contributed by atoms with E-state index in [0.29, 0.717) is 12.1 Å². The van der Waals surface area contributed by atoms with E-state index in [9.17, 15) is 8.42 Å². The van der Waals surface area contributed by atoms with Crippen LogP contribution in [0.4, 0.5) is 0 Å². The van der Waals surface area contributed by atoms with Crippen molar-refractivity contribution in [2.24, 2.45) is 0 Å². The zero-order valence-corrected chi connectivity index (χ0v) is 14.7. The molecule has 7 heteroatoms. The predicted octanol–water partition coefficient (Wildman–Crippen LogP) is 2.42. The minimum atomic E-state index is -3.67. The second-order valence-electron chi connectivity index (χ2n) is 5.96. The lowest BCUT2D eigenvalue weighted by Crippen LogP contribution is -2.36. The lowest BCUT2D eigenvalue weighted by molar-refractivity contribution is 0.486. The minimum absolute atomic E-state index is 0.195. The molecule has 0 aliphatic rings. The molecule has 0 saturated carbocycles. The summed E-state index contributed by atoms with van der Waals surface area (Å²) in [6, 6.07) is 10.5. The molecule has 2 heterocycles. The fraction of sp³-hybridized carbons (Fsp3) is 0.294. The Kier molecular flexibility index (Phi) is 4.38. The highest BCUT2D eigenvalue weighted by molar-refractivity contribution is 7.89. The standard InChI is InChI=1S/C17H20N4O2S/c1-12-10-14(3)21(19-12)11-13(2)20-24(22,23)16-8-4-6-15-7-5-9-18-17(15)16/h4-10,13,20H,11H2,1-3H3/t13-/m0/s1. The zero-order chi connectivity index (χ0) is 17.3. The van der Waals surface area contributed by atoms with Gasteiger partial charge in [-0.1, -0.05) is 18.2 Å². The molecule has 0 amide bonds. The van der Waals surface area contributed by atoms with Crippen LogP contribution >= 0.6 is 0 Å². The van der Waals surface area contributed by atoms with Gasteiger partial charge in [0.15, 0.2) is 0 Å². The van der Waals surface area contributed by atoms with E-state index < -0.39 is 10.0 Å². The number of para-hydroxylation sites is 1. The normalized spacial score (nSPS) is 13.3. The Morgan fingerprint density at radius 2 is 1.96 bits per heavy atom. The van der Waals surface area contributed by atoms with Gasteiger partial charge in [-0.15, -0.1) is 0 Å². The molecule has 0 spiro atoms. The first-order valence-electron chi connectivity index (χ1n) is 7.74. The topological polar surface area (TPSA) is 76.9 Å². The average molecular weight is 344 g/mol. The van der Waals surface area contributed by atoms with Gasteiger partial charge in [-0.2, -0.15) is 5.10 Å². The number of sulfonamides is 1. The van der Waals surface area contributed by atoms with Gasteiger partial charge in [-0.05, 0) is 39.0 Å². The largest absolute Gasteiger partial charge is 0.268 e. The second-order valence-corrected chi connectivity index (χ2v) is 7.65. The molecule has 0 aliphatic carbocycles. The first-order valence-corrected chi connectivity index (χ1v) is 9.22. The Balaban J connectivity index is 1.86. The van der Waals surface area contributed by atoms with Gasteiger partial charge in [-0.3, -0.25) is 9.67 Å². The van der Waals surface area contributed by atoms with Crippen LogP contribution in [-0.2, 0) is 16.6 Å². The SMILES string of the molecule is Cc1cc(C)n(C[C@H](C)NS(=O)(=O)c2cccc3cccnc23)n1. The summed E-state index contributed by atoms with van der Waals surface area (Å²) in [5.41, 5.74) is 2.40. The number of aromatic nitrogens is 3. The third-order valence-electron chi connectivity index (χ3n) is 3.79. The van der Waals surface area contributed by atoms with Crippen LogP contribution < -0.4 is 4.72 Å². The molecule has 0 bridgehead atoms. The van der Waals surface area contributed by atoms with E-state index in [-0.39, 0.29) is 10.9 Å². The molecule has 1 atom stereocenters. The molecule has 0 saturated heterocycles. The molecule has 3 rings (SSSR count). The summed E-state index contributed by atoms with van der Waals surface area (Å²) in [5.74, 6) is 0. The van der Waals surface area contributed by atoms with Crippen molar-refractivity contribution in [1.29, 1.82) is 0 Å². The highest BCUT2D eigenvalue weighted by Crippen LogP contribution is 2.20. The van der Waals surface area contributed by atoms with E-state index in [1.54, 1.807) is 24.4 Å². The van der Waals surface area contributed by atoms with Crippen molar-refractivity contribution in [2.45, 2.75) is 38.3 Å². The number of benzene rings is 1. The second kappa shape index (κ2) is 6.33. The Hall–Kier alpha value is -2.25. The number of fused-ring (bicyclic) bond motifs is 1. The highest BCUT2D eigenvalue weighted by Gasteiger charge is 2.21. The smallest absolute Gasteiger partial charge is 0.243 e. The van der Waals surface area contributed by atoms with Gasteiger partial charge in [0.05, 0.1) is 17.8 Å². The van der Waals surface area contributed by atoms with Crippen molar-refractivity contribution in [3.63, 3.8) is 0 Å². The molecule has 0 aliphatic heterocycles. The van der Waals surface area contributed by atoms with Crippen molar-refractivity contribution in [3.8, 4) is 0 Å². The Bertz CT molecular complexity index is 974. The molecular formula is C17H20N4O2S. The van der Waals surface area contributed by atoms with Crippen LogP contribution in [0.15, 0.2) is 47.5 Å². The fourth-order valence-electron chi connectivity index (χ4n) is 2.78. The maximum absolute atomic E-state index is 12.8. The molecular weight excluding hydrogens is 324 g/mol. The summed E-state index contributed by atoms with van der Waals surface area (Å²) in [4.78, 5) is 4.41. The van der Waals surface area contributed by atoms with E-state index in [4.69, 9.17) is 0 Å². The molecule has 126 valence electrons. The summed E-state index contributed by atoms with van der Waals surface area (Å²) in [6.07, 6.45) is 1.60. The van der Waals surface area contributed by atoms with Crippen LogP contribution in [0.1, 0.15) is 18.3 Å². The fourth-order valence-corrected chi connectivity index (χ4v) is 4.19. The van der Waals surface area contributed by atoms with Gasteiger partial charge in [-0.25, -0.2) is 13.1 Å². The van der Waals surface area contributed by atoms with Gasteiger partial charge in [0.2, 0.25) is 10.0 Å². The van der Waals surface area contributed by atoms with Crippen LogP contribution in [0.3, 0.4) is 0 Å². The molecule has 0 unspecified atom stereocenters. The molecule has 6 nitrogen and oxygen atoms in total. The Labute approximate surface area is 141 Å². The van der Waals surface area contributed by atoms with Crippen LogP contribution in [0.25, 0.3) is 10.9 Å². The van der Waals surface area contributed by atoms with E-state index in [1.807, 2.05) is 43.7 Å². The quantitative estimate of drug-likeness (QED) is 0.771. The van der Waals surface area contributed by atoms with Crippen molar-refractivity contribution in [2.75, 3.05) is 0 Å². The predicted molar refractivity (Wildman–Crippen MR) is 93.2 cm³/mol. The first kappa shape index (κ1) is 16.6. The molecule has 1 aromatic carbocycles. The Morgan fingerprint density at radius 1 is 1.21 bits per heavy atom. The molecule has 0 fully saturated rings. The van der Waals surface area contributed by atoms with Gasteiger partial charge in [0.1, 0.15) is 4.90 Å². The molecule has 0 radical (unpaired) electrons. The van der Waals surface area contributed by atoms with Crippen molar-refractivity contribution >= 4 is 20.9 Å². The van der Waals surface area contributed by atoms with Crippen molar-refractivity contribution < 1.29 is 8.42 Å². The van der Waals surface area contributed by atoms with E-state index >= 15 is 0 Å². The summed E-state index contributed by atoms with van der Waals surface area (Å²) >= 11 is 0. The number of nitrogens with one attached hydrogen (secondary N) is 1. The molecule has 1 N–H and O–H groups in total. The average Bonchev–Trinajstić information content (AvgIpc) is 2.83. The van der Waals surface area contributed by atoms with Gasteiger partial charge in [0.25, 0.3) is 0 Å². The highest BCUT2D eigenvalue weighted by atomic mass is 32.2. The molecule has 2 aromatic heterocycles. The van der Waals surface area contributed by atoms with Crippen LogP contribution in [-0.4, -0.2) is 29.2 Å². The first-order chi connectivity index (χ1) is 11.4. The van der Waals surface area contributed by atoms with Crippen LogP contribution in [0.5, 0.6) is 0 Å². The maximum atomic E-state index is 12.8. The van der Waals surface area contributed by atoms with Crippen LogP contribution in [0.2, 0.25) is 0 Å². The summed E-state index contributed by atoms with van der Waals surface area (Å²) in [6.45, 7) is 6.17. The van der Waals surface area contributed by atoms with Crippen molar-refractivity contribution in [1.82, 2.24) is 19.5 Å². The van der Waals surface area contributed by atoms with E-state index in [2.05, 4.69) is 14.8 Å². The summed E-state index contributed by atoms with van der Waals surface area (Å²) < 4.78 is 30.0. The number of aryl methyl sites for hydroxylation is 2. The van der Waals surface area contributed by atoms with Gasteiger partial charge < -0.3 is 0 Å². The number of nitrogens with zero attached hydrogens (tertiary/aromatic N) is 3. The van der Waals surface area contributed by atoms with Crippen LogP contribution in [0, 0.1) is 13.8 Å². The monoisotopic (exact) mass is 344 g/mol. The van der Waals surface area contributed by atoms with E-state index in [1.165, 1.54) is 0 Å². The third-order valence-corrected chi connectivity index (χ3v) is 5.41.